The van der Waals surface area contributed by atoms with E-state index < -0.39 is 0 Å². The van der Waals surface area contributed by atoms with Gasteiger partial charge in [0.15, 0.2) is 5.82 Å². The molecule has 0 aliphatic rings. The second-order valence-corrected chi connectivity index (χ2v) is 7.24. The molecule has 0 aliphatic heterocycles. The number of benzene rings is 1. The Balaban J connectivity index is 1.57. The maximum absolute atomic E-state index is 4.96. The van der Waals surface area contributed by atoms with E-state index in [1.165, 1.54) is 5.56 Å². The summed E-state index contributed by atoms with van der Waals surface area (Å²) in [5.41, 5.74) is 6.10. The summed E-state index contributed by atoms with van der Waals surface area (Å²) in [6.45, 7) is 2.82. The molecule has 0 fully saturated rings. The number of hydrogen-bond donors (Lipinski definition) is 0. The molecule has 4 heterocycles. The molecule has 0 amide bonds. The molecular weight excluding hydrogens is 372 g/mol. The zero-order valence-corrected chi connectivity index (χ0v) is 16.8. The SMILES string of the molecule is CCCc1c(Cn2ccnc2-c2ccccn2)ncn2cc(-c3ccccc3)nc12. The van der Waals surface area contributed by atoms with Crippen LogP contribution in [0.2, 0.25) is 0 Å². The molecule has 0 unspecified atom stereocenters. The fraction of sp³-hybridized carbons (Fsp3) is 0.167. The Kier molecular flexibility index (Phi) is 4.81. The average Bonchev–Trinajstić information content (AvgIpc) is 3.44. The number of rotatable bonds is 6. The highest BCUT2D eigenvalue weighted by Crippen LogP contribution is 2.24. The van der Waals surface area contributed by atoms with Crippen molar-refractivity contribution >= 4 is 5.65 Å². The third-order valence-electron chi connectivity index (χ3n) is 5.19. The van der Waals surface area contributed by atoms with E-state index >= 15 is 0 Å². The minimum absolute atomic E-state index is 0.630. The lowest BCUT2D eigenvalue weighted by Crippen LogP contribution is -2.09. The Morgan fingerprint density at radius 2 is 1.73 bits per heavy atom. The second-order valence-electron chi connectivity index (χ2n) is 7.24. The molecule has 6 nitrogen and oxygen atoms in total. The fourth-order valence-electron chi connectivity index (χ4n) is 3.76. The van der Waals surface area contributed by atoms with Gasteiger partial charge in [-0.1, -0.05) is 49.7 Å². The summed E-state index contributed by atoms with van der Waals surface area (Å²) in [7, 11) is 0. The van der Waals surface area contributed by atoms with E-state index in [1.807, 2.05) is 59.5 Å². The largest absolute Gasteiger partial charge is 0.324 e. The molecule has 0 saturated heterocycles. The van der Waals surface area contributed by atoms with Crippen LogP contribution in [0.25, 0.3) is 28.4 Å². The number of aromatic nitrogens is 6. The molecule has 0 N–H and O–H groups in total. The zero-order chi connectivity index (χ0) is 20.3. The fourth-order valence-corrected chi connectivity index (χ4v) is 3.76. The molecule has 4 aromatic heterocycles. The van der Waals surface area contributed by atoms with Crippen LogP contribution in [-0.2, 0) is 13.0 Å². The van der Waals surface area contributed by atoms with Gasteiger partial charge < -0.3 is 4.57 Å². The lowest BCUT2D eigenvalue weighted by atomic mass is 10.1. The van der Waals surface area contributed by atoms with Crippen LogP contribution in [0.1, 0.15) is 24.6 Å². The van der Waals surface area contributed by atoms with Crippen molar-refractivity contribution in [3.8, 4) is 22.8 Å². The summed E-state index contributed by atoms with van der Waals surface area (Å²) < 4.78 is 4.13. The molecule has 1 aromatic carbocycles. The molecular formula is C24H22N6. The van der Waals surface area contributed by atoms with E-state index in [4.69, 9.17) is 9.97 Å². The van der Waals surface area contributed by atoms with E-state index in [0.29, 0.717) is 6.54 Å². The predicted molar refractivity (Wildman–Crippen MR) is 117 cm³/mol. The standard InChI is InChI=1S/C24H22N6/c1-2-8-19-22(16-29-14-13-26-24(29)20-11-6-7-12-25-20)27-17-30-15-21(28-23(19)30)18-9-4-3-5-10-18/h3-7,9-15,17H,2,8,16H2,1H3. The summed E-state index contributed by atoms with van der Waals surface area (Å²) in [6, 6.07) is 16.1. The molecule has 0 spiro atoms. The van der Waals surface area contributed by atoms with Crippen molar-refractivity contribution in [2.24, 2.45) is 0 Å². The Morgan fingerprint density at radius 1 is 0.867 bits per heavy atom. The van der Waals surface area contributed by atoms with Gasteiger partial charge in [0.25, 0.3) is 0 Å². The number of nitrogens with zero attached hydrogens (tertiary/aromatic N) is 6. The highest BCUT2D eigenvalue weighted by molar-refractivity contribution is 5.64. The van der Waals surface area contributed by atoms with Crippen molar-refractivity contribution in [3.63, 3.8) is 0 Å². The van der Waals surface area contributed by atoms with Crippen LogP contribution < -0.4 is 0 Å². The van der Waals surface area contributed by atoms with Gasteiger partial charge in [-0.15, -0.1) is 0 Å². The van der Waals surface area contributed by atoms with Crippen LogP contribution in [0.3, 0.4) is 0 Å². The van der Waals surface area contributed by atoms with Crippen LogP contribution in [0.4, 0.5) is 0 Å². The number of aryl methyl sites for hydroxylation is 1. The number of pyridine rings is 1. The number of imidazole rings is 2. The van der Waals surface area contributed by atoms with Gasteiger partial charge in [0.1, 0.15) is 17.7 Å². The molecule has 0 saturated carbocycles. The summed E-state index contributed by atoms with van der Waals surface area (Å²) in [4.78, 5) is 18.7. The molecule has 0 atom stereocenters. The summed E-state index contributed by atoms with van der Waals surface area (Å²) in [6.07, 6.45) is 11.4. The topological polar surface area (TPSA) is 60.9 Å². The van der Waals surface area contributed by atoms with Crippen LogP contribution in [0, 0.1) is 0 Å². The molecule has 148 valence electrons. The molecule has 0 aliphatic carbocycles. The maximum Gasteiger partial charge on any atom is 0.158 e. The summed E-state index contributed by atoms with van der Waals surface area (Å²) in [5, 5.41) is 0. The predicted octanol–water partition coefficient (Wildman–Crippen LogP) is 4.66. The molecule has 6 heteroatoms. The van der Waals surface area contributed by atoms with Gasteiger partial charge in [0.05, 0.1) is 17.9 Å². The smallest absolute Gasteiger partial charge is 0.158 e. The Morgan fingerprint density at radius 3 is 2.53 bits per heavy atom. The van der Waals surface area contributed by atoms with Gasteiger partial charge in [0, 0.05) is 35.9 Å². The Bertz CT molecular complexity index is 1270. The first-order valence-electron chi connectivity index (χ1n) is 10.2. The lowest BCUT2D eigenvalue weighted by molar-refractivity contribution is 0.750. The molecule has 30 heavy (non-hydrogen) atoms. The van der Waals surface area contributed by atoms with Crippen LogP contribution in [-0.4, -0.2) is 28.9 Å². The van der Waals surface area contributed by atoms with Crippen molar-refractivity contribution in [2.45, 2.75) is 26.3 Å². The quantitative estimate of drug-likeness (QED) is 0.420. The monoisotopic (exact) mass is 394 g/mol. The first kappa shape index (κ1) is 18.2. The van der Waals surface area contributed by atoms with Crippen molar-refractivity contribution in [1.82, 2.24) is 28.9 Å². The average molecular weight is 394 g/mol. The van der Waals surface area contributed by atoms with Crippen molar-refractivity contribution in [2.75, 3.05) is 0 Å². The highest BCUT2D eigenvalue weighted by atomic mass is 15.1. The van der Waals surface area contributed by atoms with E-state index in [-0.39, 0.29) is 0 Å². The number of hydrogen-bond acceptors (Lipinski definition) is 4. The molecule has 5 rings (SSSR count). The highest BCUT2D eigenvalue weighted by Gasteiger charge is 2.15. The molecule has 0 bridgehead atoms. The molecule has 0 radical (unpaired) electrons. The van der Waals surface area contributed by atoms with Gasteiger partial charge in [-0.3, -0.25) is 9.38 Å². The number of fused-ring (bicyclic) bond motifs is 1. The third-order valence-corrected chi connectivity index (χ3v) is 5.19. The summed E-state index contributed by atoms with van der Waals surface area (Å²) >= 11 is 0. The van der Waals surface area contributed by atoms with Gasteiger partial charge in [0.2, 0.25) is 0 Å². The first-order chi connectivity index (χ1) is 14.8. The van der Waals surface area contributed by atoms with Crippen molar-refractivity contribution in [1.29, 1.82) is 0 Å². The van der Waals surface area contributed by atoms with E-state index in [1.54, 1.807) is 6.20 Å². The van der Waals surface area contributed by atoms with Gasteiger partial charge in [-0.05, 0) is 18.6 Å². The van der Waals surface area contributed by atoms with E-state index in [2.05, 4.69) is 39.8 Å². The third kappa shape index (κ3) is 3.37. The van der Waals surface area contributed by atoms with Gasteiger partial charge >= 0.3 is 0 Å². The first-order valence-corrected chi connectivity index (χ1v) is 10.2. The zero-order valence-electron chi connectivity index (χ0n) is 16.8. The van der Waals surface area contributed by atoms with Crippen molar-refractivity contribution in [3.05, 3.63) is 90.9 Å². The molecule has 5 aromatic rings. The normalized spacial score (nSPS) is 11.2. The van der Waals surface area contributed by atoms with Crippen LogP contribution in [0.5, 0.6) is 0 Å². The van der Waals surface area contributed by atoms with Crippen molar-refractivity contribution < 1.29 is 0 Å². The minimum Gasteiger partial charge on any atom is -0.324 e. The van der Waals surface area contributed by atoms with E-state index in [0.717, 1.165) is 47.0 Å². The minimum atomic E-state index is 0.630. The van der Waals surface area contributed by atoms with Crippen LogP contribution in [0.15, 0.2) is 79.6 Å². The Labute approximate surface area is 174 Å². The lowest BCUT2D eigenvalue weighted by Gasteiger charge is -2.12. The maximum atomic E-state index is 4.96. The second kappa shape index (κ2) is 7.91. The Hall–Kier alpha value is -3.80. The van der Waals surface area contributed by atoms with Crippen LogP contribution >= 0.6 is 0 Å². The van der Waals surface area contributed by atoms with Gasteiger partial charge in [-0.25, -0.2) is 15.0 Å². The van der Waals surface area contributed by atoms with E-state index in [9.17, 15) is 0 Å². The van der Waals surface area contributed by atoms with Gasteiger partial charge in [-0.2, -0.15) is 0 Å². The summed E-state index contributed by atoms with van der Waals surface area (Å²) in [5.74, 6) is 0.841.